The van der Waals surface area contributed by atoms with Gasteiger partial charge in [0.05, 0.1) is 33.5 Å². The molecule has 2 amide bonds. The third-order valence-corrected chi connectivity index (χ3v) is 6.93. The Morgan fingerprint density at radius 1 is 1.06 bits per heavy atom. The van der Waals surface area contributed by atoms with Crippen molar-refractivity contribution < 1.29 is 23.8 Å². The Morgan fingerprint density at radius 2 is 1.77 bits per heavy atom. The minimum absolute atomic E-state index is 0.0749. The van der Waals surface area contributed by atoms with Crippen LogP contribution in [0.15, 0.2) is 12.1 Å². The van der Waals surface area contributed by atoms with Gasteiger partial charge in [0.1, 0.15) is 5.56 Å². The number of aromatic nitrogens is 1. The van der Waals surface area contributed by atoms with Gasteiger partial charge in [0.15, 0.2) is 0 Å². The van der Waals surface area contributed by atoms with E-state index in [0.717, 1.165) is 25.8 Å². The molecule has 0 bridgehead atoms. The number of ether oxygens (including phenoxy) is 3. The molecule has 3 aliphatic heterocycles. The van der Waals surface area contributed by atoms with Crippen LogP contribution in [-0.2, 0) is 9.53 Å². The van der Waals surface area contributed by atoms with E-state index in [1.165, 1.54) is 14.2 Å². The molecular weight excluding hydrogens is 400 g/mol. The molecule has 1 spiro atoms. The van der Waals surface area contributed by atoms with Gasteiger partial charge in [-0.15, -0.1) is 0 Å². The van der Waals surface area contributed by atoms with Crippen molar-refractivity contribution in [1.82, 2.24) is 19.7 Å². The summed E-state index contributed by atoms with van der Waals surface area (Å²) >= 11 is 0. The maximum Gasteiger partial charge on any atom is 0.259 e. The van der Waals surface area contributed by atoms with E-state index in [1.807, 2.05) is 16.8 Å². The largest absolute Gasteiger partial charge is 0.481 e. The average molecular weight is 433 g/mol. The minimum atomic E-state index is -0.0776. The topological polar surface area (TPSA) is 84.4 Å². The highest BCUT2D eigenvalue weighted by molar-refractivity contribution is 5.96. The van der Waals surface area contributed by atoms with Crippen LogP contribution in [0.25, 0.3) is 0 Å². The van der Waals surface area contributed by atoms with Crippen molar-refractivity contribution in [3.05, 3.63) is 17.7 Å². The number of carbonyl (C=O) groups is 2. The molecule has 9 heteroatoms. The van der Waals surface area contributed by atoms with Gasteiger partial charge in [-0.25, -0.2) is 0 Å². The summed E-state index contributed by atoms with van der Waals surface area (Å²) in [5.74, 6) is 0.835. The number of piperidine rings is 1. The number of likely N-dealkylation sites (tertiary alicyclic amines) is 2. The van der Waals surface area contributed by atoms with Crippen LogP contribution in [-0.4, -0.2) is 105 Å². The predicted molar refractivity (Wildman–Crippen MR) is 113 cm³/mol. The van der Waals surface area contributed by atoms with Crippen LogP contribution in [0, 0.1) is 5.41 Å². The van der Waals surface area contributed by atoms with E-state index < -0.39 is 0 Å². The number of rotatable bonds is 4. The number of methoxy groups -OCH3 is 2. The summed E-state index contributed by atoms with van der Waals surface area (Å²) in [4.78, 5) is 36.4. The van der Waals surface area contributed by atoms with Crippen molar-refractivity contribution in [3.63, 3.8) is 0 Å². The first kappa shape index (κ1) is 21.8. The van der Waals surface area contributed by atoms with Crippen molar-refractivity contribution in [1.29, 1.82) is 0 Å². The Hall–Kier alpha value is -2.39. The normalized spacial score (nSPS) is 23.8. The fourth-order valence-corrected chi connectivity index (χ4v) is 5.11. The zero-order valence-electron chi connectivity index (χ0n) is 18.6. The van der Waals surface area contributed by atoms with E-state index in [-0.39, 0.29) is 29.2 Å². The zero-order chi connectivity index (χ0) is 22.0. The van der Waals surface area contributed by atoms with Gasteiger partial charge in [0.25, 0.3) is 5.91 Å². The molecular formula is C22H32N4O5. The summed E-state index contributed by atoms with van der Waals surface area (Å²) in [5, 5.41) is 0. The first-order valence-corrected chi connectivity index (χ1v) is 10.9. The first-order chi connectivity index (χ1) is 15.0. The second-order valence-electron chi connectivity index (χ2n) is 8.78. The fourth-order valence-electron chi connectivity index (χ4n) is 5.11. The van der Waals surface area contributed by atoms with Crippen LogP contribution in [0.4, 0.5) is 0 Å². The lowest BCUT2D eigenvalue weighted by atomic mass is 9.76. The summed E-state index contributed by atoms with van der Waals surface area (Å²) in [6.45, 7) is 4.82. The number of likely N-dealkylation sites (N-methyl/N-ethyl adjacent to an activating group) is 1. The first-order valence-electron chi connectivity index (χ1n) is 10.9. The molecule has 1 unspecified atom stereocenters. The van der Waals surface area contributed by atoms with E-state index in [2.05, 4.69) is 9.88 Å². The van der Waals surface area contributed by atoms with Crippen molar-refractivity contribution in [2.24, 2.45) is 5.41 Å². The number of amides is 2. The van der Waals surface area contributed by atoms with Gasteiger partial charge in [-0.05, 0) is 37.8 Å². The molecule has 0 radical (unpaired) electrons. The lowest BCUT2D eigenvalue weighted by Gasteiger charge is -2.39. The molecule has 0 saturated carbocycles. The van der Waals surface area contributed by atoms with Gasteiger partial charge < -0.3 is 24.0 Å². The summed E-state index contributed by atoms with van der Waals surface area (Å²) in [6.07, 6.45) is 2.64. The molecule has 31 heavy (non-hydrogen) atoms. The van der Waals surface area contributed by atoms with Crippen LogP contribution in [0.1, 0.15) is 29.6 Å². The predicted octanol–water partition coefficient (Wildman–Crippen LogP) is 0.884. The molecule has 1 atom stereocenters. The second kappa shape index (κ2) is 9.00. The summed E-state index contributed by atoms with van der Waals surface area (Å²) in [7, 11) is 5.08. The molecule has 3 aliphatic rings. The Balaban J connectivity index is 1.39. The second-order valence-corrected chi connectivity index (χ2v) is 8.78. The number of hydrogen-bond donors (Lipinski definition) is 0. The maximum absolute atomic E-state index is 13.1. The van der Waals surface area contributed by atoms with Crippen LogP contribution >= 0.6 is 0 Å². The SMILES string of the molecule is COc1ccc(C(=O)N2CCC3(CC2)CC(C(=O)N2CCOCC2)N(C)C3)c(OC)n1. The monoisotopic (exact) mass is 432 g/mol. The molecule has 170 valence electrons. The molecule has 1 aromatic heterocycles. The lowest BCUT2D eigenvalue weighted by Crippen LogP contribution is -2.48. The average Bonchev–Trinajstić information content (AvgIpc) is 3.14. The zero-order valence-corrected chi connectivity index (χ0v) is 18.6. The molecule has 1 aromatic rings. The van der Waals surface area contributed by atoms with E-state index in [0.29, 0.717) is 50.8 Å². The number of pyridine rings is 1. The summed E-state index contributed by atoms with van der Waals surface area (Å²) in [6, 6.07) is 3.30. The highest BCUT2D eigenvalue weighted by Gasteiger charge is 2.48. The molecule has 4 rings (SSSR count). The van der Waals surface area contributed by atoms with Crippen molar-refractivity contribution >= 4 is 11.8 Å². The third-order valence-electron chi connectivity index (χ3n) is 6.93. The quantitative estimate of drug-likeness (QED) is 0.698. The Kier molecular flexibility index (Phi) is 6.34. The van der Waals surface area contributed by atoms with Gasteiger partial charge in [-0.3, -0.25) is 14.5 Å². The van der Waals surface area contributed by atoms with Crippen molar-refractivity contribution in [2.75, 3.05) is 67.2 Å². The number of morpholine rings is 1. The van der Waals surface area contributed by atoms with Crippen molar-refractivity contribution in [3.8, 4) is 11.8 Å². The van der Waals surface area contributed by atoms with Crippen LogP contribution in [0.3, 0.4) is 0 Å². The number of hydrogen-bond acceptors (Lipinski definition) is 7. The number of nitrogens with zero attached hydrogens (tertiary/aromatic N) is 4. The van der Waals surface area contributed by atoms with Crippen molar-refractivity contribution in [2.45, 2.75) is 25.3 Å². The Bertz CT molecular complexity index is 818. The van der Waals surface area contributed by atoms with Crippen LogP contribution in [0.2, 0.25) is 0 Å². The van der Waals surface area contributed by atoms with Crippen LogP contribution in [0.5, 0.6) is 11.8 Å². The summed E-state index contributed by atoms with van der Waals surface area (Å²) < 4.78 is 15.8. The molecule has 3 saturated heterocycles. The van der Waals surface area contributed by atoms with E-state index in [1.54, 1.807) is 12.1 Å². The molecule has 9 nitrogen and oxygen atoms in total. The Morgan fingerprint density at radius 3 is 2.42 bits per heavy atom. The minimum Gasteiger partial charge on any atom is -0.481 e. The standard InChI is InChI=1S/C22H32N4O5/c1-24-15-22(14-17(24)21(28)26-10-12-31-13-11-26)6-8-25(9-7-22)20(27)16-4-5-18(29-2)23-19(16)30-3/h4-5,17H,6-15H2,1-3H3. The van der Waals surface area contributed by atoms with Gasteiger partial charge in [-0.1, -0.05) is 0 Å². The van der Waals surface area contributed by atoms with E-state index in [9.17, 15) is 9.59 Å². The van der Waals surface area contributed by atoms with E-state index >= 15 is 0 Å². The molecule has 0 N–H and O–H groups in total. The molecule has 0 aliphatic carbocycles. The van der Waals surface area contributed by atoms with Crippen LogP contribution < -0.4 is 9.47 Å². The van der Waals surface area contributed by atoms with Gasteiger partial charge in [0.2, 0.25) is 17.7 Å². The van der Waals surface area contributed by atoms with Gasteiger partial charge >= 0.3 is 0 Å². The Labute approximate surface area is 183 Å². The van der Waals surface area contributed by atoms with E-state index in [4.69, 9.17) is 14.2 Å². The van der Waals surface area contributed by atoms with Gasteiger partial charge in [0, 0.05) is 38.8 Å². The maximum atomic E-state index is 13.1. The third kappa shape index (κ3) is 4.34. The highest BCUT2D eigenvalue weighted by atomic mass is 16.5. The highest BCUT2D eigenvalue weighted by Crippen LogP contribution is 2.43. The molecule has 0 aromatic carbocycles. The molecule has 4 heterocycles. The summed E-state index contributed by atoms with van der Waals surface area (Å²) in [5.41, 5.74) is 0.531. The molecule has 3 fully saturated rings. The van der Waals surface area contributed by atoms with Gasteiger partial charge in [-0.2, -0.15) is 4.98 Å². The smallest absolute Gasteiger partial charge is 0.259 e. The number of carbonyl (C=O) groups excluding carboxylic acids is 2. The fraction of sp³-hybridized carbons (Fsp3) is 0.682. The lowest BCUT2D eigenvalue weighted by molar-refractivity contribution is -0.139.